The van der Waals surface area contributed by atoms with Crippen LogP contribution < -0.4 is 5.73 Å². The van der Waals surface area contributed by atoms with Gasteiger partial charge < -0.3 is 10.5 Å². The highest BCUT2D eigenvalue weighted by Crippen LogP contribution is 2.21. The number of esters is 1. The molecule has 5 heteroatoms. The average Bonchev–Trinajstić information content (AvgIpc) is 2.75. The highest BCUT2D eigenvalue weighted by Gasteiger charge is 2.14. The van der Waals surface area contributed by atoms with Gasteiger partial charge in [0.1, 0.15) is 0 Å². The summed E-state index contributed by atoms with van der Waals surface area (Å²) >= 11 is 1.32. The van der Waals surface area contributed by atoms with Crippen molar-refractivity contribution in [1.29, 1.82) is 0 Å². The molecule has 0 fully saturated rings. The Morgan fingerprint density at radius 1 is 1.59 bits per heavy atom. The van der Waals surface area contributed by atoms with Crippen molar-refractivity contribution in [2.45, 2.75) is 32.6 Å². The number of thiazole rings is 1. The predicted molar refractivity (Wildman–Crippen MR) is 70.7 cm³/mol. The largest absolute Gasteiger partial charge is 0.465 e. The first-order valence-electron chi connectivity index (χ1n) is 5.68. The molecule has 0 atom stereocenters. The van der Waals surface area contributed by atoms with Crippen LogP contribution in [0.3, 0.4) is 0 Å². The number of hydrogen-bond donors (Lipinski definition) is 1. The number of rotatable bonds is 6. The smallest absolute Gasteiger partial charge is 0.339 e. The summed E-state index contributed by atoms with van der Waals surface area (Å²) < 4.78 is 4.75. The second-order valence-electron chi connectivity index (χ2n) is 3.68. The molecule has 0 saturated carbocycles. The van der Waals surface area contributed by atoms with Crippen molar-refractivity contribution in [3.8, 4) is 0 Å². The number of nitrogens with two attached hydrogens (primary N) is 1. The Balaban J connectivity index is 2.77. The molecule has 4 nitrogen and oxygen atoms in total. The maximum Gasteiger partial charge on any atom is 0.339 e. The minimum atomic E-state index is -0.355. The number of nitrogen functional groups attached to an aromatic ring is 1. The molecule has 0 spiro atoms. The summed E-state index contributed by atoms with van der Waals surface area (Å²) in [5.74, 6) is -0.355. The van der Waals surface area contributed by atoms with Gasteiger partial charge in [0.05, 0.1) is 18.4 Å². The third kappa shape index (κ3) is 4.19. The Morgan fingerprint density at radius 3 is 2.88 bits per heavy atom. The van der Waals surface area contributed by atoms with Crippen molar-refractivity contribution in [2.75, 3.05) is 12.8 Å². The second-order valence-corrected chi connectivity index (χ2v) is 4.57. The molecule has 1 heterocycles. The summed E-state index contributed by atoms with van der Waals surface area (Å²) in [7, 11) is 1.37. The lowest BCUT2D eigenvalue weighted by atomic mass is 10.1. The fourth-order valence-corrected chi connectivity index (χ4v) is 2.02. The third-order valence-corrected chi connectivity index (χ3v) is 3.03. The standard InChI is InChI=1S/C12H18N2O2S/c1-3-4-5-6-7-9(11(15)16-2)10-8-17-12(13)14-10/h7-8H,3-6H2,1-2H3,(H2,13,14). The van der Waals surface area contributed by atoms with Gasteiger partial charge in [-0.25, -0.2) is 9.78 Å². The minimum Gasteiger partial charge on any atom is -0.465 e. The molecule has 0 bridgehead atoms. The van der Waals surface area contributed by atoms with Gasteiger partial charge in [-0.2, -0.15) is 0 Å². The topological polar surface area (TPSA) is 65.2 Å². The lowest BCUT2D eigenvalue weighted by Gasteiger charge is -2.02. The lowest BCUT2D eigenvalue weighted by molar-refractivity contribution is -0.133. The number of aromatic nitrogens is 1. The summed E-state index contributed by atoms with van der Waals surface area (Å²) in [6.07, 6.45) is 6.12. The zero-order valence-electron chi connectivity index (χ0n) is 10.2. The number of ether oxygens (including phenoxy) is 1. The van der Waals surface area contributed by atoms with Gasteiger partial charge in [-0.3, -0.25) is 0 Å². The van der Waals surface area contributed by atoms with Gasteiger partial charge in [0.2, 0.25) is 0 Å². The van der Waals surface area contributed by atoms with Crippen molar-refractivity contribution < 1.29 is 9.53 Å². The molecule has 0 aromatic carbocycles. The molecule has 0 radical (unpaired) electrons. The average molecular weight is 254 g/mol. The van der Waals surface area contributed by atoms with Gasteiger partial charge in [-0.15, -0.1) is 11.3 Å². The van der Waals surface area contributed by atoms with Gasteiger partial charge in [-0.1, -0.05) is 25.8 Å². The summed E-state index contributed by atoms with van der Waals surface area (Å²) in [5.41, 5.74) is 6.68. The third-order valence-electron chi connectivity index (χ3n) is 2.36. The fraction of sp³-hybridized carbons (Fsp3) is 0.500. The molecule has 0 unspecified atom stereocenters. The molecule has 17 heavy (non-hydrogen) atoms. The van der Waals surface area contributed by atoms with E-state index < -0.39 is 0 Å². The molecule has 0 aliphatic rings. The van der Waals surface area contributed by atoms with E-state index in [0.717, 1.165) is 25.7 Å². The normalized spacial score (nSPS) is 11.5. The molecule has 2 N–H and O–H groups in total. The first-order valence-corrected chi connectivity index (χ1v) is 6.56. The van der Waals surface area contributed by atoms with Gasteiger partial charge in [-0.05, 0) is 12.8 Å². The van der Waals surface area contributed by atoms with Crippen LogP contribution in [0.1, 0.15) is 38.3 Å². The summed E-state index contributed by atoms with van der Waals surface area (Å²) in [5, 5.41) is 2.24. The van der Waals surface area contributed by atoms with Crippen molar-refractivity contribution in [2.24, 2.45) is 0 Å². The van der Waals surface area contributed by atoms with E-state index in [2.05, 4.69) is 11.9 Å². The maximum atomic E-state index is 11.6. The van der Waals surface area contributed by atoms with Crippen LogP contribution >= 0.6 is 11.3 Å². The fourth-order valence-electron chi connectivity index (χ4n) is 1.45. The van der Waals surface area contributed by atoms with Gasteiger partial charge in [0.15, 0.2) is 5.13 Å². The number of methoxy groups -OCH3 is 1. The number of anilines is 1. The monoisotopic (exact) mass is 254 g/mol. The van der Waals surface area contributed by atoms with Crippen molar-refractivity contribution in [1.82, 2.24) is 4.98 Å². The van der Waals surface area contributed by atoms with E-state index in [9.17, 15) is 4.79 Å². The van der Waals surface area contributed by atoms with Crippen LogP contribution in [0.25, 0.3) is 5.57 Å². The van der Waals surface area contributed by atoms with E-state index in [1.54, 1.807) is 5.38 Å². The number of carbonyl (C=O) groups is 1. The number of allylic oxidation sites excluding steroid dienone is 1. The van der Waals surface area contributed by atoms with E-state index in [0.29, 0.717) is 16.4 Å². The minimum absolute atomic E-state index is 0.355. The maximum absolute atomic E-state index is 11.6. The molecule has 1 aromatic rings. The predicted octanol–water partition coefficient (Wildman–Crippen LogP) is 2.86. The van der Waals surface area contributed by atoms with E-state index in [1.807, 2.05) is 6.08 Å². The van der Waals surface area contributed by atoms with Crippen LogP contribution in [-0.4, -0.2) is 18.1 Å². The van der Waals surface area contributed by atoms with Gasteiger partial charge in [0.25, 0.3) is 0 Å². The van der Waals surface area contributed by atoms with Crippen molar-refractivity contribution in [3.63, 3.8) is 0 Å². The summed E-state index contributed by atoms with van der Waals surface area (Å²) in [4.78, 5) is 15.7. The van der Waals surface area contributed by atoms with Crippen LogP contribution in [0.4, 0.5) is 5.13 Å². The number of hydrogen-bond acceptors (Lipinski definition) is 5. The first kappa shape index (κ1) is 13.7. The Kier molecular flexibility index (Phi) is 5.69. The van der Waals surface area contributed by atoms with E-state index >= 15 is 0 Å². The van der Waals surface area contributed by atoms with Gasteiger partial charge >= 0.3 is 5.97 Å². The molecule has 0 aliphatic heterocycles. The molecule has 0 aliphatic carbocycles. The number of nitrogens with zero attached hydrogens (tertiary/aromatic N) is 1. The SMILES string of the molecule is CCCCCC=C(C(=O)OC)c1csc(N)n1. The van der Waals surface area contributed by atoms with Crippen LogP contribution in [0.5, 0.6) is 0 Å². The summed E-state index contributed by atoms with van der Waals surface area (Å²) in [6.45, 7) is 2.14. The highest BCUT2D eigenvalue weighted by molar-refractivity contribution is 7.13. The van der Waals surface area contributed by atoms with Crippen molar-refractivity contribution >= 4 is 28.0 Å². The van der Waals surface area contributed by atoms with Crippen LogP contribution in [0.15, 0.2) is 11.5 Å². The molecule has 0 amide bonds. The zero-order chi connectivity index (χ0) is 12.7. The number of carbonyl (C=O) groups excluding carboxylic acids is 1. The molecular weight excluding hydrogens is 236 g/mol. The van der Waals surface area contributed by atoms with E-state index in [4.69, 9.17) is 10.5 Å². The Bertz CT molecular complexity index is 399. The molecule has 0 saturated heterocycles. The molecular formula is C12H18N2O2S. The van der Waals surface area contributed by atoms with E-state index in [1.165, 1.54) is 18.4 Å². The Labute approximate surface area is 106 Å². The van der Waals surface area contributed by atoms with E-state index in [-0.39, 0.29) is 5.97 Å². The Morgan fingerprint density at radius 2 is 2.35 bits per heavy atom. The molecule has 94 valence electrons. The quantitative estimate of drug-likeness (QED) is 0.481. The van der Waals surface area contributed by atoms with Crippen molar-refractivity contribution in [3.05, 3.63) is 17.2 Å². The zero-order valence-corrected chi connectivity index (χ0v) is 11.0. The highest BCUT2D eigenvalue weighted by atomic mass is 32.1. The Hall–Kier alpha value is -1.36. The van der Waals surface area contributed by atoms with Crippen LogP contribution in [-0.2, 0) is 9.53 Å². The van der Waals surface area contributed by atoms with Crippen LogP contribution in [0, 0.1) is 0 Å². The lowest BCUT2D eigenvalue weighted by Crippen LogP contribution is -2.04. The molecule has 1 rings (SSSR count). The summed E-state index contributed by atoms with van der Waals surface area (Å²) in [6, 6.07) is 0. The first-order chi connectivity index (χ1) is 8.19. The number of unbranched alkanes of at least 4 members (excludes halogenated alkanes) is 3. The second kappa shape index (κ2) is 7.06. The molecule has 1 aromatic heterocycles. The van der Waals surface area contributed by atoms with Gasteiger partial charge in [0, 0.05) is 5.38 Å². The van der Waals surface area contributed by atoms with Crippen LogP contribution in [0.2, 0.25) is 0 Å².